The van der Waals surface area contributed by atoms with Gasteiger partial charge in [0, 0.05) is 61.1 Å². The van der Waals surface area contributed by atoms with Crippen LogP contribution in [0.2, 0.25) is 5.02 Å². The van der Waals surface area contributed by atoms with E-state index < -0.39 is 0 Å². The van der Waals surface area contributed by atoms with Crippen LogP contribution in [0.3, 0.4) is 0 Å². The molecule has 1 aliphatic rings. The van der Waals surface area contributed by atoms with E-state index in [2.05, 4.69) is 26.5 Å². The minimum absolute atomic E-state index is 0.103. The highest BCUT2D eigenvalue weighted by molar-refractivity contribution is 6.30. The van der Waals surface area contributed by atoms with E-state index in [0.717, 1.165) is 65.8 Å². The molecule has 0 unspecified atom stereocenters. The molecule has 2 heterocycles. The maximum atomic E-state index is 13.2. The van der Waals surface area contributed by atoms with Crippen LogP contribution in [0.4, 0.5) is 17.2 Å². The van der Waals surface area contributed by atoms with E-state index in [0.29, 0.717) is 17.9 Å². The van der Waals surface area contributed by atoms with Crippen molar-refractivity contribution in [2.24, 2.45) is 0 Å². The number of nitrogens with one attached hydrogen (secondary N) is 2. The first-order valence-corrected chi connectivity index (χ1v) is 12.8. The predicted molar refractivity (Wildman–Crippen MR) is 150 cm³/mol. The standard InChI is InChI=1S/C29H30ClN5O2/c1-37-24-11-9-22(10-12-24)32-28-20-26(25-7-2-3-8-27(25)33-28)29(36)31-13-14-34-15-17-35(18-16-34)23-6-4-5-21(30)19-23/h2-12,19-20H,13-18H2,1H3,(H,31,36)(H,32,33). The van der Waals surface area contributed by atoms with Crippen molar-refractivity contribution in [1.82, 2.24) is 15.2 Å². The molecular weight excluding hydrogens is 486 g/mol. The number of methoxy groups -OCH3 is 1. The molecular formula is C29H30ClN5O2. The molecule has 0 saturated carbocycles. The van der Waals surface area contributed by atoms with Crippen molar-refractivity contribution < 1.29 is 9.53 Å². The normalized spacial score (nSPS) is 13.9. The molecule has 1 aromatic heterocycles. The number of amides is 1. The number of carbonyl (C=O) groups excluding carboxylic acids is 1. The van der Waals surface area contributed by atoms with Gasteiger partial charge in [-0.2, -0.15) is 0 Å². The smallest absolute Gasteiger partial charge is 0.252 e. The summed E-state index contributed by atoms with van der Waals surface area (Å²) < 4.78 is 5.23. The highest BCUT2D eigenvalue weighted by Crippen LogP contribution is 2.25. The van der Waals surface area contributed by atoms with Gasteiger partial charge < -0.3 is 20.3 Å². The molecule has 8 heteroatoms. The van der Waals surface area contributed by atoms with Gasteiger partial charge in [-0.15, -0.1) is 0 Å². The summed E-state index contributed by atoms with van der Waals surface area (Å²) in [5.74, 6) is 1.29. The third-order valence-electron chi connectivity index (χ3n) is 6.58. The largest absolute Gasteiger partial charge is 0.497 e. The highest BCUT2D eigenvalue weighted by atomic mass is 35.5. The molecule has 3 aromatic carbocycles. The Morgan fingerprint density at radius 3 is 2.51 bits per heavy atom. The van der Waals surface area contributed by atoms with Crippen LogP contribution in [0, 0.1) is 0 Å². The first-order chi connectivity index (χ1) is 18.1. The van der Waals surface area contributed by atoms with E-state index in [1.54, 1.807) is 7.11 Å². The lowest BCUT2D eigenvalue weighted by atomic mass is 10.1. The number of ether oxygens (including phenoxy) is 1. The van der Waals surface area contributed by atoms with Crippen LogP contribution in [-0.2, 0) is 0 Å². The molecule has 1 aliphatic heterocycles. The van der Waals surface area contributed by atoms with Gasteiger partial charge in [0.05, 0.1) is 18.2 Å². The van der Waals surface area contributed by atoms with Crippen LogP contribution in [-0.4, -0.2) is 62.2 Å². The Balaban J connectivity index is 1.20. The molecule has 0 spiro atoms. The minimum Gasteiger partial charge on any atom is -0.497 e. The number of carbonyl (C=O) groups is 1. The van der Waals surface area contributed by atoms with Crippen LogP contribution in [0.25, 0.3) is 10.9 Å². The maximum Gasteiger partial charge on any atom is 0.252 e. The summed E-state index contributed by atoms with van der Waals surface area (Å²) in [4.78, 5) is 22.7. The SMILES string of the molecule is COc1ccc(Nc2cc(C(=O)NCCN3CCN(c4cccc(Cl)c4)CC3)c3ccccc3n2)cc1. The molecule has 0 radical (unpaired) electrons. The van der Waals surface area contributed by atoms with Gasteiger partial charge in [-0.1, -0.05) is 35.9 Å². The van der Waals surface area contributed by atoms with Crippen molar-refractivity contribution in [3.8, 4) is 5.75 Å². The fourth-order valence-corrected chi connectivity index (χ4v) is 4.76. The summed E-state index contributed by atoms with van der Waals surface area (Å²) in [5.41, 5.74) is 3.40. The molecule has 1 fully saturated rings. The number of anilines is 3. The van der Waals surface area contributed by atoms with Crippen LogP contribution in [0.15, 0.2) is 78.9 Å². The molecule has 7 nitrogen and oxygen atoms in total. The van der Waals surface area contributed by atoms with Crippen LogP contribution in [0.1, 0.15) is 10.4 Å². The van der Waals surface area contributed by atoms with E-state index >= 15 is 0 Å². The third kappa shape index (κ3) is 6.13. The number of piperazine rings is 1. The van der Waals surface area contributed by atoms with Crippen LogP contribution >= 0.6 is 11.6 Å². The summed E-state index contributed by atoms with van der Waals surface area (Å²) in [6, 6.07) is 25.1. The van der Waals surface area contributed by atoms with E-state index in [1.807, 2.05) is 72.8 Å². The molecule has 2 N–H and O–H groups in total. The monoisotopic (exact) mass is 515 g/mol. The summed E-state index contributed by atoms with van der Waals surface area (Å²) >= 11 is 6.15. The van der Waals surface area contributed by atoms with E-state index in [9.17, 15) is 4.79 Å². The Morgan fingerprint density at radius 1 is 0.973 bits per heavy atom. The maximum absolute atomic E-state index is 13.2. The first-order valence-electron chi connectivity index (χ1n) is 12.4. The molecule has 190 valence electrons. The van der Waals surface area contributed by atoms with Gasteiger partial charge in [-0.05, 0) is 54.6 Å². The van der Waals surface area contributed by atoms with Gasteiger partial charge in [-0.25, -0.2) is 4.98 Å². The zero-order chi connectivity index (χ0) is 25.6. The lowest BCUT2D eigenvalue weighted by molar-refractivity contribution is 0.0949. The fourth-order valence-electron chi connectivity index (χ4n) is 4.57. The Kier molecular flexibility index (Phi) is 7.73. The summed E-state index contributed by atoms with van der Waals surface area (Å²) in [6.45, 7) is 5.13. The van der Waals surface area contributed by atoms with E-state index in [4.69, 9.17) is 21.3 Å². The second-order valence-corrected chi connectivity index (χ2v) is 9.43. The van der Waals surface area contributed by atoms with Gasteiger partial charge in [0.2, 0.25) is 0 Å². The zero-order valence-electron chi connectivity index (χ0n) is 20.8. The van der Waals surface area contributed by atoms with Crippen molar-refractivity contribution >= 4 is 45.6 Å². The number of hydrogen-bond donors (Lipinski definition) is 2. The Bertz CT molecular complexity index is 1370. The number of fused-ring (bicyclic) bond motifs is 1. The molecule has 0 aliphatic carbocycles. The number of benzene rings is 3. The van der Waals surface area contributed by atoms with Crippen LogP contribution in [0.5, 0.6) is 5.75 Å². The number of halogens is 1. The summed E-state index contributed by atoms with van der Waals surface area (Å²) in [7, 11) is 1.64. The molecule has 4 aromatic rings. The number of nitrogens with zero attached hydrogens (tertiary/aromatic N) is 3. The molecule has 37 heavy (non-hydrogen) atoms. The average Bonchev–Trinajstić information content (AvgIpc) is 2.93. The van der Waals surface area contributed by atoms with Gasteiger partial charge >= 0.3 is 0 Å². The van der Waals surface area contributed by atoms with Crippen molar-refractivity contribution in [2.75, 3.05) is 56.6 Å². The second kappa shape index (κ2) is 11.5. The van der Waals surface area contributed by atoms with Gasteiger partial charge in [0.15, 0.2) is 0 Å². The average molecular weight is 516 g/mol. The van der Waals surface area contributed by atoms with Gasteiger partial charge in [0.1, 0.15) is 11.6 Å². The molecule has 5 rings (SSSR count). The first kappa shape index (κ1) is 24.9. The van der Waals surface area contributed by atoms with Gasteiger partial charge in [0.25, 0.3) is 5.91 Å². The Labute approximate surface area is 222 Å². The molecule has 0 bridgehead atoms. The Hall–Kier alpha value is -3.81. The van der Waals surface area contributed by atoms with Crippen molar-refractivity contribution in [3.63, 3.8) is 0 Å². The minimum atomic E-state index is -0.103. The summed E-state index contributed by atoms with van der Waals surface area (Å²) in [6.07, 6.45) is 0. The third-order valence-corrected chi connectivity index (χ3v) is 6.82. The van der Waals surface area contributed by atoms with E-state index in [-0.39, 0.29) is 5.91 Å². The quantitative estimate of drug-likeness (QED) is 0.336. The number of aromatic nitrogens is 1. The van der Waals surface area contributed by atoms with Crippen molar-refractivity contribution in [1.29, 1.82) is 0 Å². The fraction of sp³-hybridized carbons (Fsp3) is 0.241. The highest BCUT2D eigenvalue weighted by Gasteiger charge is 2.18. The molecule has 1 amide bonds. The van der Waals surface area contributed by atoms with Gasteiger partial charge in [-0.3, -0.25) is 9.69 Å². The predicted octanol–water partition coefficient (Wildman–Crippen LogP) is 5.19. The number of pyridine rings is 1. The van der Waals surface area contributed by atoms with E-state index in [1.165, 1.54) is 0 Å². The number of hydrogen-bond acceptors (Lipinski definition) is 6. The topological polar surface area (TPSA) is 69.7 Å². The lowest BCUT2D eigenvalue weighted by Gasteiger charge is -2.36. The van der Waals surface area contributed by atoms with Crippen LogP contribution < -0.4 is 20.3 Å². The van der Waals surface area contributed by atoms with Crippen molar-refractivity contribution in [3.05, 3.63) is 89.4 Å². The number of rotatable bonds is 8. The van der Waals surface area contributed by atoms with Crippen molar-refractivity contribution in [2.45, 2.75) is 0 Å². The molecule has 0 atom stereocenters. The number of para-hydroxylation sites is 1. The zero-order valence-corrected chi connectivity index (χ0v) is 21.5. The molecule has 1 saturated heterocycles. The Morgan fingerprint density at radius 2 is 1.76 bits per heavy atom. The lowest BCUT2D eigenvalue weighted by Crippen LogP contribution is -2.48. The summed E-state index contributed by atoms with van der Waals surface area (Å²) in [5, 5.41) is 8.00. The second-order valence-electron chi connectivity index (χ2n) is 8.99.